The molecule has 2 aromatic rings. The molecule has 1 aliphatic heterocycles. The number of hydrogen-bond donors (Lipinski definition) is 2. The minimum atomic E-state index is -0.457. The number of piperazine rings is 1. The van der Waals surface area contributed by atoms with E-state index in [1.807, 2.05) is 29.3 Å². The molecular formula is C18H24N4O. The molecule has 0 spiro atoms. The first-order valence-electron chi connectivity index (χ1n) is 8.56. The number of aromatic amines is 1. The second-order valence-electron chi connectivity index (χ2n) is 6.76. The van der Waals surface area contributed by atoms with E-state index in [4.69, 9.17) is 5.73 Å². The number of para-hydroxylation sites is 1. The Morgan fingerprint density at radius 1 is 1.22 bits per heavy atom. The zero-order chi connectivity index (χ0) is 15.8. The molecular weight excluding hydrogens is 288 g/mol. The quantitative estimate of drug-likeness (QED) is 0.895. The Hall–Kier alpha value is -1.85. The normalized spacial score (nSPS) is 20.8. The van der Waals surface area contributed by atoms with Crippen LogP contribution in [0.1, 0.15) is 18.4 Å². The van der Waals surface area contributed by atoms with Crippen molar-refractivity contribution in [1.29, 1.82) is 0 Å². The first kappa shape index (κ1) is 14.7. The second-order valence-corrected chi connectivity index (χ2v) is 6.76. The Morgan fingerprint density at radius 3 is 2.70 bits per heavy atom. The molecule has 2 heterocycles. The number of hydrogen-bond acceptors (Lipinski definition) is 3. The molecule has 1 amide bonds. The van der Waals surface area contributed by atoms with Crippen molar-refractivity contribution in [3.63, 3.8) is 0 Å². The summed E-state index contributed by atoms with van der Waals surface area (Å²) in [5.41, 5.74) is 8.44. The molecule has 2 fully saturated rings. The fourth-order valence-corrected chi connectivity index (χ4v) is 3.61. The summed E-state index contributed by atoms with van der Waals surface area (Å²) in [7, 11) is 0. The molecule has 0 bridgehead atoms. The average Bonchev–Trinajstić information content (AvgIpc) is 3.37. The number of rotatable bonds is 4. The van der Waals surface area contributed by atoms with Crippen LogP contribution in [0, 0.1) is 0 Å². The summed E-state index contributed by atoms with van der Waals surface area (Å²) < 4.78 is 0. The second kappa shape index (κ2) is 5.98. The van der Waals surface area contributed by atoms with E-state index in [0.717, 1.165) is 48.7 Å². The van der Waals surface area contributed by atoms with E-state index in [9.17, 15) is 4.79 Å². The van der Waals surface area contributed by atoms with E-state index >= 15 is 0 Å². The standard InChI is InChI=1S/C18H24N4O/c19-16(11-13-12-20-17-4-2-1-3-15(13)17)18(23)22-9-7-21(8-10-22)14-5-6-14/h1-4,12,14,16,20H,5-11,19H2/t16-/m0/s1. The minimum Gasteiger partial charge on any atom is -0.361 e. The first-order chi connectivity index (χ1) is 11.2. The van der Waals surface area contributed by atoms with Crippen LogP contribution in [0.25, 0.3) is 10.9 Å². The predicted octanol–water partition coefficient (Wildman–Crippen LogP) is 1.34. The van der Waals surface area contributed by atoms with E-state index < -0.39 is 6.04 Å². The van der Waals surface area contributed by atoms with Crippen molar-refractivity contribution in [2.75, 3.05) is 26.2 Å². The lowest BCUT2D eigenvalue weighted by molar-refractivity contribution is -0.134. The van der Waals surface area contributed by atoms with Crippen molar-refractivity contribution < 1.29 is 4.79 Å². The van der Waals surface area contributed by atoms with Gasteiger partial charge in [-0.15, -0.1) is 0 Å². The van der Waals surface area contributed by atoms with Gasteiger partial charge in [0, 0.05) is 49.3 Å². The maximum atomic E-state index is 12.6. The highest BCUT2D eigenvalue weighted by Crippen LogP contribution is 2.27. The van der Waals surface area contributed by atoms with Crippen LogP contribution in [0.3, 0.4) is 0 Å². The van der Waals surface area contributed by atoms with Gasteiger partial charge in [0.25, 0.3) is 0 Å². The van der Waals surface area contributed by atoms with Gasteiger partial charge < -0.3 is 15.6 Å². The van der Waals surface area contributed by atoms with Gasteiger partial charge in [0.15, 0.2) is 0 Å². The summed E-state index contributed by atoms with van der Waals surface area (Å²) in [6.07, 6.45) is 5.22. The van der Waals surface area contributed by atoms with Crippen LogP contribution in [-0.2, 0) is 11.2 Å². The van der Waals surface area contributed by atoms with Crippen molar-refractivity contribution in [2.45, 2.75) is 31.3 Å². The summed E-state index contributed by atoms with van der Waals surface area (Å²) in [6, 6.07) is 8.47. The Kier molecular flexibility index (Phi) is 3.83. The van der Waals surface area contributed by atoms with Crippen LogP contribution in [0.5, 0.6) is 0 Å². The number of amides is 1. The molecule has 1 saturated heterocycles. The molecule has 122 valence electrons. The summed E-state index contributed by atoms with van der Waals surface area (Å²) in [5, 5.41) is 1.16. The van der Waals surface area contributed by atoms with Crippen LogP contribution in [-0.4, -0.2) is 59.0 Å². The summed E-state index contributed by atoms with van der Waals surface area (Å²) in [6.45, 7) is 3.63. The van der Waals surface area contributed by atoms with Crippen LogP contribution in [0.4, 0.5) is 0 Å². The monoisotopic (exact) mass is 312 g/mol. The van der Waals surface area contributed by atoms with E-state index in [1.165, 1.54) is 12.8 Å². The fourth-order valence-electron chi connectivity index (χ4n) is 3.61. The van der Waals surface area contributed by atoms with Crippen molar-refractivity contribution in [2.24, 2.45) is 5.73 Å². The van der Waals surface area contributed by atoms with Gasteiger partial charge in [-0.05, 0) is 30.9 Å². The third kappa shape index (κ3) is 2.99. The van der Waals surface area contributed by atoms with Gasteiger partial charge in [-0.3, -0.25) is 9.69 Å². The number of nitrogens with two attached hydrogens (primary N) is 1. The fraction of sp³-hybridized carbons (Fsp3) is 0.500. The van der Waals surface area contributed by atoms with Gasteiger partial charge in [0.1, 0.15) is 0 Å². The molecule has 1 saturated carbocycles. The van der Waals surface area contributed by atoms with Crippen molar-refractivity contribution in [1.82, 2.24) is 14.8 Å². The van der Waals surface area contributed by atoms with Gasteiger partial charge in [-0.25, -0.2) is 0 Å². The van der Waals surface area contributed by atoms with Gasteiger partial charge in [-0.2, -0.15) is 0 Å². The minimum absolute atomic E-state index is 0.0886. The zero-order valence-electron chi connectivity index (χ0n) is 13.4. The van der Waals surface area contributed by atoms with Crippen LogP contribution in [0.2, 0.25) is 0 Å². The number of benzene rings is 1. The van der Waals surface area contributed by atoms with E-state index in [0.29, 0.717) is 6.42 Å². The molecule has 3 N–H and O–H groups in total. The molecule has 4 rings (SSSR count). The number of carbonyl (C=O) groups excluding carboxylic acids is 1. The maximum Gasteiger partial charge on any atom is 0.239 e. The maximum absolute atomic E-state index is 12.6. The molecule has 5 heteroatoms. The SMILES string of the molecule is N[C@@H](Cc1c[nH]c2ccccc12)C(=O)N1CCN(C2CC2)CC1. The predicted molar refractivity (Wildman–Crippen MR) is 91.2 cm³/mol. The Morgan fingerprint density at radius 2 is 1.96 bits per heavy atom. The molecule has 2 aliphatic rings. The lowest BCUT2D eigenvalue weighted by Crippen LogP contribution is -2.54. The van der Waals surface area contributed by atoms with Crippen LogP contribution >= 0.6 is 0 Å². The Bertz CT molecular complexity index is 698. The molecule has 0 radical (unpaired) electrons. The number of nitrogens with one attached hydrogen (secondary N) is 1. The summed E-state index contributed by atoms with van der Waals surface area (Å²) >= 11 is 0. The first-order valence-corrected chi connectivity index (χ1v) is 8.56. The lowest BCUT2D eigenvalue weighted by Gasteiger charge is -2.36. The number of nitrogens with zero attached hydrogens (tertiary/aromatic N) is 2. The molecule has 0 unspecified atom stereocenters. The van der Waals surface area contributed by atoms with Crippen molar-refractivity contribution in [3.05, 3.63) is 36.0 Å². The van der Waals surface area contributed by atoms with Gasteiger partial charge in [0.05, 0.1) is 6.04 Å². The summed E-state index contributed by atoms with van der Waals surface area (Å²) in [5.74, 6) is 0.0886. The zero-order valence-corrected chi connectivity index (χ0v) is 13.4. The van der Waals surface area contributed by atoms with Crippen molar-refractivity contribution >= 4 is 16.8 Å². The molecule has 1 aromatic carbocycles. The highest BCUT2D eigenvalue weighted by atomic mass is 16.2. The highest BCUT2D eigenvalue weighted by molar-refractivity contribution is 5.86. The van der Waals surface area contributed by atoms with Gasteiger partial charge in [0.2, 0.25) is 5.91 Å². The molecule has 1 atom stereocenters. The topological polar surface area (TPSA) is 65.4 Å². The number of fused-ring (bicyclic) bond motifs is 1. The highest BCUT2D eigenvalue weighted by Gasteiger charge is 2.33. The molecule has 1 aliphatic carbocycles. The van der Waals surface area contributed by atoms with Crippen molar-refractivity contribution in [3.8, 4) is 0 Å². The number of aromatic nitrogens is 1. The van der Waals surface area contributed by atoms with E-state index in [2.05, 4.69) is 16.0 Å². The Labute approximate surface area is 136 Å². The van der Waals surface area contributed by atoms with E-state index in [-0.39, 0.29) is 5.91 Å². The third-order valence-electron chi connectivity index (χ3n) is 5.12. The largest absolute Gasteiger partial charge is 0.361 e. The van der Waals surface area contributed by atoms with Crippen LogP contribution < -0.4 is 5.73 Å². The number of carbonyl (C=O) groups is 1. The van der Waals surface area contributed by atoms with E-state index in [1.54, 1.807) is 0 Å². The van der Waals surface area contributed by atoms with Gasteiger partial charge in [-0.1, -0.05) is 18.2 Å². The number of H-pyrrole nitrogens is 1. The van der Waals surface area contributed by atoms with Crippen LogP contribution in [0.15, 0.2) is 30.5 Å². The smallest absolute Gasteiger partial charge is 0.239 e. The third-order valence-corrected chi connectivity index (χ3v) is 5.12. The molecule has 23 heavy (non-hydrogen) atoms. The molecule has 5 nitrogen and oxygen atoms in total. The Balaban J connectivity index is 1.38. The summed E-state index contributed by atoms with van der Waals surface area (Å²) in [4.78, 5) is 20.3. The average molecular weight is 312 g/mol. The molecule has 1 aromatic heterocycles. The lowest BCUT2D eigenvalue weighted by atomic mass is 10.0. The van der Waals surface area contributed by atoms with Gasteiger partial charge >= 0.3 is 0 Å².